The first-order valence-electron chi connectivity index (χ1n) is 9.89. The molecule has 3 rings (SSSR count). The van der Waals surface area contributed by atoms with Crippen molar-refractivity contribution in [3.8, 4) is 11.5 Å². The Labute approximate surface area is 182 Å². The number of amides is 1. The highest BCUT2D eigenvalue weighted by molar-refractivity contribution is 7.89. The van der Waals surface area contributed by atoms with Crippen molar-refractivity contribution >= 4 is 22.1 Å². The number of phenolic OH excluding ortho intramolecular Hbond substituents is 1. The van der Waals surface area contributed by atoms with Gasteiger partial charge in [0.1, 0.15) is 0 Å². The zero-order valence-corrected chi connectivity index (χ0v) is 18.4. The number of carbonyl (C=O) groups is 1. The van der Waals surface area contributed by atoms with Crippen LogP contribution in [0.2, 0.25) is 0 Å². The molecule has 166 valence electrons. The number of hydrogen-bond donors (Lipinski definition) is 3. The van der Waals surface area contributed by atoms with E-state index in [0.29, 0.717) is 42.4 Å². The van der Waals surface area contributed by atoms with Crippen molar-refractivity contribution in [2.45, 2.75) is 11.8 Å². The molecule has 0 spiro atoms. The van der Waals surface area contributed by atoms with E-state index in [1.54, 1.807) is 36.4 Å². The molecule has 2 aromatic rings. The van der Waals surface area contributed by atoms with Gasteiger partial charge in [0, 0.05) is 0 Å². The first-order valence-corrected chi connectivity index (χ1v) is 11.3. The highest BCUT2D eigenvalue weighted by Crippen LogP contribution is 2.25. The molecule has 31 heavy (non-hydrogen) atoms. The van der Waals surface area contributed by atoms with Crippen LogP contribution in [-0.2, 0) is 14.8 Å². The summed E-state index contributed by atoms with van der Waals surface area (Å²) in [6.45, 7) is 3.91. The number of carbonyl (C=O) groups excluding carboxylic acids is 1. The first kappa shape index (κ1) is 22.7. The Bertz CT molecular complexity index is 1050. The largest absolute Gasteiger partial charge is 0.504 e. The van der Waals surface area contributed by atoms with Gasteiger partial charge in [0.25, 0.3) is 5.91 Å². The molecule has 1 saturated heterocycles. The summed E-state index contributed by atoms with van der Waals surface area (Å²) in [5.41, 5.74) is 4.15. The number of hydrogen-bond acceptors (Lipinski definition) is 6. The molecule has 9 nitrogen and oxygen atoms in total. The summed E-state index contributed by atoms with van der Waals surface area (Å²) >= 11 is 0. The third kappa shape index (κ3) is 5.81. The second kappa shape index (κ2) is 9.90. The Morgan fingerprint density at radius 3 is 2.55 bits per heavy atom. The van der Waals surface area contributed by atoms with Crippen LogP contribution in [-0.4, -0.2) is 69.8 Å². The van der Waals surface area contributed by atoms with Crippen molar-refractivity contribution in [1.29, 1.82) is 0 Å². The van der Waals surface area contributed by atoms with Gasteiger partial charge in [-0.25, -0.2) is 13.8 Å². The predicted molar refractivity (Wildman–Crippen MR) is 116 cm³/mol. The Morgan fingerprint density at radius 1 is 1.23 bits per heavy atom. The Kier molecular flexibility index (Phi) is 7.26. The Morgan fingerprint density at radius 2 is 1.90 bits per heavy atom. The minimum absolute atomic E-state index is 0.0239. The minimum atomic E-state index is -3.52. The highest BCUT2D eigenvalue weighted by Gasteiger charge is 2.31. The van der Waals surface area contributed by atoms with Gasteiger partial charge in [0.2, 0.25) is 10.0 Å². The van der Waals surface area contributed by atoms with Gasteiger partial charge >= 0.3 is 0 Å². The lowest BCUT2D eigenvalue weighted by molar-refractivity contribution is -0.895. The van der Waals surface area contributed by atoms with E-state index in [-0.39, 0.29) is 18.2 Å². The number of rotatable bonds is 7. The minimum Gasteiger partial charge on any atom is -0.504 e. The molecule has 0 atom stereocenters. The summed E-state index contributed by atoms with van der Waals surface area (Å²) < 4.78 is 32.0. The van der Waals surface area contributed by atoms with Crippen LogP contribution in [0.1, 0.15) is 11.1 Å². The van der Waals surface area contributed by atoms with E-state index in [0.717, 1.165) is 10.5 Å². The van der Waals surface area contributed by atoms with Crippen LogP contribution >= 0.6 is 0 Å². The van der Waals surface area contributed by atoms with Gasteiger partial charge in [0.15, 0.2) is 18.0 Å². The fourth-order valence-electron chi connectivity index (χ4n) is 3.30. The number of nitrogens with zero attached hydrogens (tertiary/aromatic N) is 2. The molecule has 0 radical (unpaired) electrons. The summed E-state index contributed by atoms with van der Waals surface area (Å²) in [6.07, 6.45) is 1.46. The molecule has 0 aliphatic carbocycles. The van der Waals surface area contributed by atoms with E-state index in [1.807, 2.05) is 6.92 Å². The van der Waals surface area contributed by atoms with E-state index >= 15 is 0 Å². The Balaban J connectivity index is 1.48. The first-order chi connectivity index (χ1) is 14.8. The summed E-state index contributed by atoms with van der Waals surface area (Å²) in [7, 11) is -2.07. The number of piperazine rings is 1. The number of aromatic hydroxyl groups is 1. The number of quaternary nitrogens is 1. The molecule has 1 aliphatic rings. The van der Waals surface area contributed by atoms with Crippen molar-refractivity contribution in [2.24, 2.45) is 5.10 Å². The number of nitrogens with one attached hydrogen (secondary N) is 2. The summed E-state index contributed by atoms with van der Waals surface area (Å²) in [4.78, 5) is 13.5. The second-order valence-corrected chi connectivity index (χ2v) is 9.31. The van der Waals surface area contributed by atoms with E-state index < -0.39 is 10.0 Å². The van der Waals surface area contributed by atoms with E-state index in [1.165, 1.54) is 23.7 Å². The van der Waals surface area contributed by atoms with Gasteiger partial charge in [-0.15, -0.1) is 0 Å². The standard InChI is InChI=1S/C21H26N4O5S/c1-16-3-6-18(7-4-16)31(28,29)25-11-9-24(10-12-25)15-21(27)23-22-14-17-5-8-19(26)20(13-17)30-2/h3-8,13-14,26H,9-12,15H2,1-2H3,(H,23,27)/p+1/b22-14+. The number of methoxy groups -OCH3 is 1. The van der Waals surface area contributed by atoms with Crippen molar-refractivity contribution in [1.82, 2.24) is 9.73 Å². The molecule has 1 heterocycles. The van der Waals surface area contributed by atoms with Crippen molar-refractivity contribution < 1.29 is 28.0 Å². The lowest BCUT2D eigenvalue weighted by atomic mass is 10.2. The number of aryl methyl sites for hydroxylation is 1. The SMILES string of the molecule is COc1cc(/C=N/NC(=O)C[NH+]2CCN(S(=O)(=O)c3ccc(C)cc3)CC2)ccc1O. The zero-order valence-electron chi connectivity index (χ0n) is 17.5. The molecule has 0 unspecified atom stereocenters. The second-order valence-electron chi connectivity index (χ2n) is 7.37. The summed E-state index contributed by atoms with van der Waals surface area (Å²) in [5, 5.41) is 13.5. The molecule has 0 saturated carbocycles. The molecule has 0 bridgehead atoms. The lowest BCUT2D eigenvalue weighted by Crippen LogP contribution is -3.15. The van der Waals surface area contributed by atoms with E-state index in [9.17, 15) is 18.3 Å². The van der Waals surface area contributed by atoms with Crippen molar-refractivity contribution in [3.63, 3.8) is 0 Å². The maximum Gasteiger partial charge on any atom is 0.295 e. The maximum absolute atomic E-state index is 12.8. The lowest BCUT2D eigenvalue weighted by Gasteiger charge is -2.31. The number of benzene rings is 2. The van der Waals surface area contributed by atoms with Crippen LogP contribution in [0.4, 0.5) is 0 Å². The zero-order chi connectivity index (χ0) is 22.4. The van der Waals surface area contributed by atoms with Crippen molar-refractivity contribution in [2.75, 3.05) is 39.8 Å². The molecule has 3 N–H and O–H groups in total. The monoisotopic (exact) mass is 447 g/mol. The highest BCUT2D eigenvalue weighted by atomic mass is 32.2. The van der Waals surface area contributed by atoms with Gasteiger partial charge in [-0.1, -0.05) is 17.7 Å². The molecule has 1 fully saturated rings. The van der Waals surface area contributed by atoms with Gasteiger partial charge in [-0.2, -0.15) is 9.41 Å². The molecule has 0 aromatic heterocycles. The fraction of sp³-hybridized carbons (Fsp3) is 0.333. The fourth-order valence-corrected chi connectivity index (χ4v) is 4.74. The van der Waals surface area contributed by atoms with E-state index in [2.05, 4.69) is 10.5 Å². The number of ether oxygens (including phenoxy) is 1. The third-order valence-corrected chi connectivity index (χ3v) is 7.02. The quantitative estimate of drug-likeness (QED) is 0.400. The van der Waals surface area contributed by atoms with Crippen LogP contribution in [0.3, 0.4) is 0 Å². The van der Waals surface area contributed by atoms with Crippen LogP contribution in [0.25, 0.3) is 0 Å². The molecule has 10 heteroatoms. The van der Waals surface area contributed by atoms with Crippen molar-refractivity contribution in [3.05, 3.63) is 53.6 Å². The molecule has 1 aliphatic heterocycles. The normalized spacial score (nSPS) is 15.8. The average Bonchev–Trinajstić information content (AvgIpc) is 2.75. The van der Waals surface area contributed by atoms with Gasteiger partial charge in [0.05, 0.1) is 44.4 Å². The maximum atomic E-state index is 12.8. The smallest absolute Gasteiger partial charge is 0.295 e. The third-order valence-electron chi connectivity index (χ3n) is 5.11. The number of hydrazone groups is 1. The van der Waals surface area contributed by atoms with Crippen LogP contribution in [0, 0.1) is 6.92 Å². The Hall–Kier alpha value is -2.95. The van der Waals surface area contributed by atoms with Gasteiger partial charge < -0.3 is 14.7 Å². The summed E-state index contributed by atoms with van der Waals surface area (Å²) in [5.74, 6) is 0.0841. The van der Waals surface area contributed by atoms with Crippen LogP contribution in [0.5, 0.6) is 11.5 Å². The molecular weight excluding hydrogens is 420 g/mol. The van der Waals surface area contributed by atoms with E-state index in [4.69, 9.17) is 4.74 Å². The van der Waals surface area contributed by atoms with Crippen LogP contribution in [0.15, 0.2) is 52.5 Å². The number of phenols is 1. The summed E-state index contributed by atoms with van der Waals surface area (Å²) in [6, 6.07) is 11.5. The topological polar surface area (TPSA) is 113 Å². The molecular formula is C21H27N4O5S+. The van der Waals surface area contributed by atoms with Crippen LogP contribution < -0.4 is 15.1 Å². The molecule has 2 aromatic carbocycles. The van der Waals surface area contributed by atoms with Gasteiger partial charge in [-0.05, 0) is 42.8 Å². The average molecular weight is 448 g/mol. The predicted octanol–water partition coefficient (Wildman–Crippen LogP) is -0.251. The molecule has 1 amide bonds. The van der Waals surface area contributed by atoms with Gasteiger partial charge in [-0.3, -0.25) is 4.79 Å². The number of sulfonamides is 1.